The molecule has 3 heteroatoms. The van der Waals surface area contributed by atoms with Crippen molar-refractivity contribution in [3.63, 3.8) is 0 Å². The van der Waals surface area contributed by atoms with Crippen molar-refractivity contribution >= 4 is 13.5 Å². The summed E-state index contributed by atoms with van der Waals surface area (Å²) in [5.74, 6) is 0.824. The Balaban J connectivity index is 0.00000169. The third kappa shape index (κ3) is 4.20. The molecule has 0 aliphatic carbocycles. The average Bonchev–Trinajstić information content (AvgIpc) is 2.47. The summed E-state index contributed by atoms with van der Waals surface area (Å²) in [6.45, 7) is 8.45. The van der Waals surface area contributed by atoms with Crippen molar-refractivity contribution < 1.29 is 0 Å². The fourth-order valence-corrected chi connectivity index (χ4v) is 2.21. The van der Waals surface area contributed by atoms with Crippen molar-refractivity contribution in [2.45, 2.75) is 32.7 Å². The fraction of sp³-hybridized carbons (Fsp3) is 1.00. The van der Waals surface area contributed by atoms with Crippen LogP contribution in [0.2, 0.25) is 0 Å². The quantitative estimate of drug-likeness (QED) is 0.710. The van der Waals surface area contributed by atoms with E-state index in [1.54, 1.807) is 0 Å². The van der Waals surface area contributed by atoms with Gasteiger partial charge in [-0.15, -0.1) is 0 Å². The van der Waals surface area contributed by atoms with Crippen LogP contribution in [0.4, 0.5) is 0 Å². The first kappa shape index (κ1) is 14.3. The van der Waals surface area contributed by atoms with Gasteiger partial charge in [-0.05, 0) is 39.4 Å². The predicted octanol–water partition coefficient (Wildman–Crippen LogP) is 1.78. The highest BCUT2D eigenvalue weighted by atomic mass is 32.1. The molecular weight excluding hydrogens is 192 g/mol. The lowest BCUT2D eigenvalue weighted by atomic mass is 10.0. The minimum absolute atomic E-state index is 0. The Morgan fingerprint density at radius 2 is 2.00 bits per heavy atom. The SMILES string of the molecule is CC(C)C1CCCN1CCN(C)C.S. The van der Waals surface area contributed by atoms with E-state index in [2.05, 4.69) is 37.7 Å². The Morgan fingerprint density at radius 1 is 1.36 bits per heavy atom. The number of likely N-dealkylation sites (N-methyl/N-ethyl adjacent to an activating group) is 1. The molecule has 0 bridgehead atoms. The maximum Gasteiger partial charge on any atom is 0.0119 e. The molecular formula is C11H26N2S. The Hall–Kier alpha value is 0.270. The van der Waals surface area contributed by atoms with Gasteiger partial charge in [-0.25, -0.2) is 0 Å². The molecule has 1 aliphatic rings. The molecule has 0 aromatic heterocycles. The fourth-order valence-electron chi connectivity index (χ4n) is 2.21. The van der Waals surface area contributed by atoms with Gasteiger partial charge >= 0.3 is 0 Å². The second kappa shape index (κ2) is 6.70. The smallest absolute Gasteiger partial charge is 0.0119 e. The zero-order chi connectivity index (χ0) is 9.84. The van der Waals surface area contributed by atoms with Crippen LogP contribution in [0.1, 0.15) is 26.7 Å². The van der Waals surface area contributed by atoms with Crippen LogP contribution in [0.5, 0.6) is 0 Å². The summed E-state index contributed by atoms with van der Waals surface area (Å²) in [6, 6.07) is 0.847. The second-order valence-electron chi connectivity index (χ2n) is 4.79. The first-order valence-electron chi connectivity index (χ1n) is 5.50. The first-order valence-corrected chi connectivity index (χ1v) is 5.50. The minimum atomic E-state index is 0. The molecule has 86 valence electrons. The number of hydrogen-bond acceptors (Lipinski definition) is 2. The lowest BCUT2D eigenvalue weighted by Gasteiger charge is -2.28. The molecule has 0 spiro atoms. The lowest BCUT2D eigenvalue weighted by Crippen LogP contribution is -2.38. The van der Waals surface area contributed by atoms with E-state index in [9.17, 15) is 0 Å². The second-order valence-corrected chi connectivity index (χ2v) is 4.79. The molecule has 1 rings (SSSR count). The van der Waals surface area contributed by atoms with Crippen LogP contribution >= 0.6 is 13.5 Å². The number of likely N-dealkylation sites (tertiary alicyclic amines) is 1. The first-order chi connectivity index (χ1) is 6.11. The van der Waals surface area contributed by atoms with Crippen molar-refractivity contribution in [3.8, 4) is 0 Å². The van der Waals surface area contributed by atoms with Crippen LogP contribution in [0.25, 0.3) is 0 Å². The largest absolute Gasteiger partial charge is 0.308 e. The Bertz CT molecular complexity index is 148. The van der Waals surface area contributed by atoms with Gasteiger partial charge in [0.05, 0.1) is 0 Å². The summed E-state index contributed by atoms with van der Waals surface area (Å²) < 4.78 is 0. The molecule has 0 saturated carbocycles. The van der Waals surface area contributed by atoms with Crippen LogP contribution in [-0.4, -0.2) is 49.6 Å². The van der Waals surface area contributed by atoms with Gasteiger partial charge in [0.2, 0.25) is 0 Å². The van der Waals surface area contributed by atoms with E-state index in [-0.39, 0.29) is 13.5 Å². The molecule has 1 fully saturated rings. The number of rotatable bonds is 4. The van der Waals surface area contributed by atoms with Crippen LogP contribution < -0.4 is 0 Å². The van der Waals surface area contributed by atoms with E-state index < -0.39 is 0 Å². The molecule has 14 heavy (non-hydrogen) atoms. The molecule has 2 nitrogen and oxygen atoms in total. The van der Waals surface area contributed by atoms with Crippen molar-refractivity contribution in [1.29, 1.82) is 0 Å². The van der Waals surface area contributed by atoms with Gasteiger partial charge in [-0.3, -0.25) is 4.90 Å². The maximum absolute atomic E-state index is 2.66. The standard InChI is InChI=1S/C11H24N2.H2S/c1-10(2)11-6-5-7-13(11)9-8-12(3)4;/h10-11H,5-9H2,1-4H3;1H2. The maximum atomic E-state index is 2.66. The van der Waals surface area contributed by atoms with E-state index in [4.69, 9.17) is 0 Å². The number of nitrogens with zero attached hydrogens (tertiary/aromatic N) is 2. The molecule has 0 N–H and O–H groups in total. The molecule has 0 aromatic rings. The summed E-state index contributed by atoms with van der Waals surface area (Å²) in [5.41, 5.74) is 0. The molecule has 1 heterocycles. The molecule has 0 radical (unpaired) electrons. The summed E-state index contributed by atoms with van der Waals surface area (Å²) in [5, 5.41) is 0. The average molecular weight is 218 g/mol. The van der Waals surface area contributed by atoms with Crippen LogP contribution in [0.15, 0.2) is 0 Å². The molecule has 1 atom stereocenters. The predicted molar refractivity (Wildman–Crippen MR) is 68.4 cm³/mol. The van der Waals surface area contributed by atoms with E-state index in [1.165, 1.54) is 32.5 Å². The minimum Gasteiger partial charge on any atom is -0.308 e. The Kier molecular flexibility index (Phi) is 6.83. The van der Waals surface area contributed by atoms with Gasteiger partial charge in [0, 0.05) is 19.1 Å². The highest BCUT2D eigenvalue weighted by Crippen LogP contribution is 2.22. The Morgan fingerprint density at radius 3 is 2.50 bits per heavy atom. The molecule has 1 unspecified atom stereocenters. The number of hydrogen-bond donors (Lipinski definition) is 0. The highest BCUT2D eigenvalue weighted by molar-refractivity contribution is 7.59. The monoisotopic (exact) mass is 218 g/mol. The summed E-state index contributed by atoms with van der Waals surface area (Å²) in [4.78, 5) is 4.93. The van der Waals surface area contributed by atoms with Crippen molar-refractivity contribution in [3.05, 3.63) is 0 Å². The van der Waals surface area contributed by atoms with E-state index >= 15 is 0 Å². The van der Waals surface area contributed by atoms with Gasteiger partial charge in [0.1, 0.15) is 0 Å². The normalized spacial score (nSPS) is 23.1. The van der Waals surface area contributed by atoms with Crippen LogP contribution in [0.3, 0.4) is 0 Å². The highest BCUT2D eigenvalue weighted by Gasteiger charge is 2.26. The third-order valence-electron chi connectivity index (χ3n) is 3.02. The van der Waals surface area contributed by atoms with Crippen LogP contribution in [-0.2, 0) is 0 Å². The van der Waals surface area contributed by atoms with Gasteiger partial charge in [-0.2, -0.15) is 13.5 Å². The zero-order valence-corrected chi connectivity index (χ0v) is 11.1. The van der Waals surface area contributed by atoms with Gasteiger partial charge in [0.25, 0.3) is 0 Å². The van der Waals surface area contributed by atoms with Gasteiger partial charge in [0.15, 0.2) is 0 Å². The molecule has 0 aromatic carbocycles. The summed E-state index contributed by atoms with van der Waals surface area (Å²) in [6.07, 6.45) is 2.81. The summed E-state index contributed by atoms with van der Waals surface area (Å²) >= 11 is 0. The van der Waals surface area contributed by atoms with E-state index in [1.807, 2.05) is 0 Å². The molecule has 1 saturated heterocycles. The third-order valence-corrected chi connectivity index (χ3v) is 3.02. The van der Waals surface area contributed by atoms with Crippen molar-refractivity contribution in [1.82, 2.24) is 9.80 Å². The van der Waals surface area contributed by atoms with Crippen molar-refractivity contribution in [2.75, 3.05) is 33.7 Å². The van der Waals surface area contributed by atoms with Gasteiger partial charge in [-0.1, -0.05) is 13.8 Å². The van der Waals surface area contributed by atoms with E-state index in [0.29, 0.717) is 0 Å². The molecule has 0 amide bonds. The van der Waals surface area contributed by atoms with E-state index in [0.717, 1.165) is 12.0 Å². The lowest BCUT2D eigenvalue weighted by molar-refractivity contribution is 0.188. The zero-order valence-electron chi connectivity index (χ0n) is 10.1. The molecule has 1 aliphatic heterocycles. The van der Waals surface area contributed by atoms with Gasteiger partial charge < -0.3 is 4.90 Å². The van der Waals surface area contributed by atoms with Crippen molar-refractivity contribution in [2.24, 2.45) is 5.92 Å². The Labute approximate surface area is 96.1 Å². The van der Waals surface area contributed by atoms with Crippen LogP contribution in [0, 0.1) is 5.92 Å². The topological polar surface area (TPSA) is 6.48 Å². The summed E-state index contributed by atoms with van der Waals surface area (Å²) in [7, 11) is 4.31.